The van der Waals surface area contributed by atoms with Gasteiger partial charge in [0, 0.05) is 17.9 Å². The van der Waals surface area contributed by atoms with Crippen molar-refractivity contribution in [2.75, 3.05) is 6.54 Å². The summed E-state index contributed by atoms with van der Waals surface area (Å²) in [6.07, 6.45) is 12.3. The molecule has 37 heavy (non-hydrogen) atoms. The quantitative estimate of drug-likeness (QED) is 0.378. The molecule has 12 atom stereocenters. The van der Waals surface area contributed by atoms with E-state index in [9.17, 15) is 9.90 Å². The van der Waals surface area contributed by atoms with Gasteiger partial charge in [-0.15, -0.1) is 0 Å². The topological polar surface area (TPSA) is 49.8 Å². The maximum absolute atomic E-state index is 12.4. The Bertz CT molecular complexity index is 1000. The van der Waals surface area contributed by atoms with Crippen molar-refractivity contribution in [1.82, 2.24) is 4.90 Å². The van der Waals surface area contributed by atoms with Crippen LogP contribution in [0.4, 0.5) is 0 Å². The van der Waals surface area contributed by atoms with Crippen LogP contribution in [-0.4, -0.2) is 40.4 Å². The predicted molar refractivity (Wildman–Crippen MR) is 148 cm³/mol. The summed E-state index contributed by atoms with van der Waals surface area (Å²) in [5.74, 6) is 1.50. The van der Waals surface area contributed by atoms with Crippen LogP contribution in [-0.2, 0) is 9.53 Å². The van der Waals surface area contributed by atoms with Gasteiger partial charge < -0.3 is 14.7 Å². The number of likely N-dealkylation sites (tertiary alicyclic amines) is 1. The van der Waals surface area contributed by atoms with Crippen molar-refractivity contribution in [3.8, 4) is 0 Å². The molecule has 2 heterocycles. The lowest BCUT2D eigenvalue weighted by atomic mass is 9.31. The highest BCUT2D eigenvalue weighted by atomic mass is 16.6. The van der Waals surface area contributed by atoms with Crippen molar-refractivity contribution in [2.24, 2.45) is 50.2 Å². The second kappa shape index (κ2) is 7.36. The molecule has 6 aliphatic rings. The Kier molecular flexibility index (Phi) is 5.30. The maximum atomic E-state index is 12.4. The SMILES string of the molecule is C[C@H]1CC[C@@]2(O[C@]3(C)C[C@@]4(C)[C@H]5CC[C@@]6(C)C[C@@H](O)CC[C@]6(C)[C@@]5(C)CC[C@]4(C)[C@]3(C)[C@@H]2C)N(C=O)C1. The average molecular weight is 514 g/mol. The number of hydrogen-bond acceptors (Lipinski definition) is 3. The lowest BCUT2D eigenvalue weighted by Crippen LogP contribution is -2.67. The third-order valence-electron chi connectivity index (χ3n) is 16.2. The third kappa shape index (κ3) is 2.63. The van der Waals surface area contributed by atoms with Gasteiger partial charge in [0.1, 0.15) is 5.72 Å². The minimum absolute atomic E-state index is 0.00231. The number of carbonyl (C=O) groups is 1. The molecule has 1 N–H and O–H groups in total. The van der Waals surface area contributed by atoms with Crippen LogP contribution in [0, 0.1) is 50.2 Å². The zero-order valence-corrected chi connectivity index (χ0v) is 25.4. The largest absolute Gasteiger partial charge is 0.393 e. The summed E-state index contributed by atoms with van der Waals surface area (Å²) in [6, 6.07) is 0. The zero-order chi connectivity index (χ0) is 27.1. The van der Waals surface area contributed by atoms with E-state index in [4.69, 9.17) is 4.74 Å². The molecule has 4 saturated carbocycles. The van der Waals surface area contributed by atoms with Crippen LogP contribution in [0.25, 0.3) is 0 Å². The van der Waals surface area contributed by atoms with E-state index in [0.717, 1.165) is 51.5 Å². The highest BCUT2D eigenvalue weighted by molar-refractivity contribution is 5.50. The van der Waals surface area contributed by atoms with E-state index in [1.807, 2.05) is 0 Å². The molecule has 1 spiro atoms. The van der Waals surface area contributed by atoms with Crippen LogP contribution in [0.1, 0.15) is 127 Å². The molecule has 2 saturated heterocycles. The summed E-state index contributed by atoms with van der Waals surface area (Å²) in [6.45, 7) is 23.6. The van der Waals surface area contributed by atoms with Crippen LogP contribution in [0.2, 0.25) is 0 Å². The summed E-state index contributed by atoms with van der Waals surface area (Å²) in [5, 5.41) is 10.7. The van der Waals surface area contributed by atoms with Crippen molar-refractivity contribution in [1.29, 1.82) is 0 Å². The van der Waals surface area contributed by atoms with E-state index < -0.39 is 5.72 Å². The van der Waals surface area contributed by atoms with Crippen molar-refractivity contribution in [3.63, 3.8) is 0 Å². The monoisotopic (exact) mass is 513 g/mol. The normalized spacial score (nSPS) is 63.0. The van der Waals surface area contributed by atoms with Gasteiger partial charge >= 0.3 is 0 Å². The van der Waals surface area contributed by atoms with Gasteiger partial charge in [0.05, 0.1) is 11.7 Å². The first-order valence-electron chi connectivity index (χ1n) is 15.6. The van der Waals surface area contributed by atoms with Crippen LogP contribution >= 0.6 is 0 Å². The van der Waals surface area contributed by atoms with Crippen molar-refractivity contribution in [3.05, 3.63) is 0 Å². The van der Waals surface area contributed by atoms with Gasteiger partial charge in [0.2, 0.25) is 6.41 Å². The first-order valence-corrected chi connectivity index (χ1v) is 15.6. The molecule has 0 aromatic carbocycles. The number of ether oxygens (including phenoxy) is 1. The molecule has 0 aromatic rings. The number of carbonyl (C=O) groups excluding carboxylic acids is 1. The maximum Gasteiger partial charge on any atom is 0.211 e. The van der Waals surface area contributed by atoms with Crippen molar-refractivity contribution in [2.45, 2.75) is 144 Å². The molecule has 1 amide bonds. The summed E-state index contributed by atoms with van der Waals surface area (Å²) in [4.78, 5) is 14.5. The van der Waals surface area contributed by atoms with Gasteiger partial charge in [-0.1, -0.05) is 55.4 Å². The van der Waals surface area contributed by atoms with Crippen LogP contribution in [0.3, 0.4) is 0 Å². The summed E-state index contributed by atoms with van der Waals surface area (Å²) in [7, 11) is 0. The molecule has 0 aromatic heterocycles. The van der Waals surface area contributed by atoms with E-state index in [-0.39, 0.29) is 44.2 Å². The Labute approximate surface area is 226 Å². The minimum Gasteiger partial charge on any atom is -0.393 e. The lowest BCUT2D eigenvalue weighted by molar-refractivity contribution is -0.258. The molecule has 0 bridgehead atoms. The summed E-state index contributed by atoms with van der Waals surface area (Å²) in [5.41, 5.74) is 0.392. The molecule has 6 fully saturated rings. The van der Waals surface area contributed by atoms with E-state index in [0.29, 0.717) is 17.8 Å². The Morgan fingerprint density at radius 3 is 2.22 bits per heavy atom. The number of piperidine rings is 1. The molecule has 0 radical (unpaired) electrons. The Balaban J connectivity index is 1.43. The van der Waals surface area contributed by atoms with Gasteiger partial charge in [-0.25, -0.2) is 0 Å². The van der Waals surface area contributed by atoms with Gasteiger partial charge in [0.15, 0.2) is 0 Å². The van der Waals surface area contributed by atoms with Gasteiger partial charge in [-0.05, 0) is 110 Å². The van der Waals surface area contributed by atoms with Gasteiger partial charge in [0.25, 0.3) is 0 Å². The van der Waals surface area contributed by atoms with Gasteiger partial charge in [-0.3, -0.25) is 4.79 Å². The van der Waals surface area contributed by atoms with Crippen LogP contribution in [0.15, 0.2) is 0 Å². The number of aliphatic hydroxyl groups is 1. The first-order chi connectivity index (χ1) is 17.0. The van der Waals surface area contributed by atoms with Crippen molar-refractivity contribution < 1.29 is 14.6 Å². The molecular weight excluding hydrogens is 458 g/mol. The first kappa shape index (κ1) is 26.6. The fourth-order valence-electron chi connectivity index (χ4n) is 13.3. The van der Waals surface area contributed by atoms with Gasteiger partial charge in [-0.2, -0.15) is 0 Å². The Morgan fingerprint density at radius 2 is 1.54 bits per heavy atom. The highest BCUT2D eigenvalue weighted by Gasteiger charge is 2.84. The zero-order valence-electron chi connectivity index (χ0n) is 25.4. The molecule has 4 aliphatic carbocycles. The van der Waals surface area contributed by atoms with E-state index >= 15 is 0 Å². The van der Waals surface area contributed by atoms with E-state index in [2.05, 4.69) is 67.2 Å². The fourth-order valence-corrected chi connectivity index (χ4v) is 13.3. The van der Waals surface area contributed by atoms with E-state index in [1.54, 1.807) is 0 Å². The number of nitrogens with zero attached hydrogens (tertiary/aromatic N) is 1. The second-order valence-electron chi connectivity index (χ2n) is 16.7. The number of aliphatic hydroxyl groups excluding tert-OH is 1. The van der Waals surface area contributed by atoms with Crippen LogP contribution < -0.4 is 0 Å². The van der Waals surface area contributed by atoms with E-state index in [1.165, 1.54) is 25.7 Å². The molecule has 4 heteroatoms. The average Bonchev–Trinajstić information content (AvgIpc) is 3.07. The molecule has 4 nitrogen and oxygen atoms in total. The second-order valence-corrected chi connectivity index (χ2v) is 16.7. The lowest BCUT2D eigenvalue weighted by Gasteiger charge is -2.73. The number of hydrogen-bond donors (Lipinski definition) is 1. The molecule has 2 aliphatic heterocycles. The number of rotatable bonds is 1. The molecule has 210 valence electrons. The highest BCUT2D eigenvalue weighted by Crippen LogP contribution is 2.85. The Morgan fingerprint density at radius 1 is 0.838 bits per heavy atom. The van der Waals surface area contributed by atoms with Crippen LogP contribution in [0.5, 0.6) is 0 Å². The summed E-state index contributed by atoms with van der Waals surface area (Å²) < 4.78 is 7.43. The minimum atomic E-state index is -0.459. The predicted octanol–water partition coefficient (Wildman–Crippen LogP) is 7.19. The third-order valence-corrected chi connectivity index (χ3v) is 16.2. The Hall–Kier alpha value is -0.610. The standard InChI is InChI=1S/C33H55NO3/c1-22-10-15-33(34(19-22)21-35)23(2)32(9)30(7)17-16-27(4)25(28(30,5)20-31(32,8)37-33)12-13-26(3)18-24(36)11-14-29(26,27)6/h21-25,36H,10-20H2,1-9H3/t22-,23-,24-,25-,26-,27-,28-,29-,30-,31+,32-,33-/m0/s1. The summed E-state index contributed by atoms with van der Waals surface area (Å²) >= 11 is 0. The molecule has 6 rings (SSSR count). The van der Waals surface area contributed by atoms with Crippen molar-refractivity contribution >= 4 is 6.41 Å². The molecular formula is C33H55NO3. The number of fused-ring (bicyclic) bond motifs is 7. The fraction of sp³-hybridized carbons (Fsp3) is 0.970. The number of amides is 1. The molecule has 0 unspecified atom stereocenters. The smallest absolute Gasteiger partial charge is 0.211 e.